The van der Waals surface area contributed by atoms with E-state index < -0.39 is 0 Å². The van der Waals surface area contributed by atoms with Crippen molar-refractivity contribution in [1.82, 2.24) is 5.48 Å². The van der Waals surface area contributed by atoms with Crippen molar-refractivity contribution in [3.8, 4) is 0 Å². The molecule has 0 aromatic heterocycles. The van der Waals surface area contributed by atoms with Crippen LogP contribution in [0.25, 0.3) is 0 Å². The number of hydrogen-bond acceptors (Lipinski definition) is 3. The van der Waals surface area contributed by atoms with Gasteiger partial charge in [-0.25, -0.2) is 5.48 Å². The van der Waals surface area contributed by atoms with Gasteiger partial charge in [-0.15, -0.1) is 0 Å². The molecule has 0 bridgehead atoms. The zero-order chi connectivity index (χ0) is 8.04. The number of rotatable bonds is 5. The minimum atomic E-state index is -0.130. The minimum Gasteiger partial charge on any atom is -0.396 e. The molecule has 0 unspecified atom stereocenters. The van der Waals surface area contributed by atoms with E-state index in [0.29, 0.717) is 6.54 Å². The second kappa shape index (κ2) is 4.66. The maximum atomic E-state index is 8.96. The Morgan fingerprint density at radius 1 is 1.30 bits per heavy atom. The Bertz CT molecular complexity index is 73.4. The van der Waals surface area contributed by atoms with Gasteiger partial charge in [-0.05, 0) is 12.8 Å². The van der Waals surface area contributed by atoms with E-state index in [0.717, 1.165) is 12.8 Å². The van der Waals surface area contributed by atoms with Crippen LogP contribution in [0.1, 0.15) is 26.7 Å². The summed E-state index contributed by atoms with van der Waals surface area (Å²) in [4.78, 5) is 0. The highest BCUT2D eigenvalue weighted by atomic mass is 16.5. The first kappa shape index (κ1) is 9.88. The van der Waals surface area contributed by atoms with Gasteiger partial charge in [0.05, 0.1) is 0 Å². The van der Waals surface area contributed by atoms with Crippen molar-refractivity contribution in [2.24, 2.45) is 5.41 Å². The van der Waals surface area contributed by atoms with Crippen molar-refractivity contribution in [2.45, 2.75) is 26.7 Å². The fourth-order valence-corrected chi connectivity index (χ4v) is 0.947. The van der Waals surface area contributed by atoms with Crippen LogP contribution >= 0.6 is 0 Å². The molecular weight excluding hydrogens is 130 g/mol. The van der Waals surface area contributed by atoms with E-state index in [1.54, 1.807) is 0 Å². The third-order valence-corrected chi connectivity index (χ3v) is 2.29. The van der Waals surface area contributed by atoms with Gasteiger partial charge >= 0.3 is 0 Å². The lowest BCUT2D eigenvalue weighted by molar-refractivity contribution is 0.0565. The molecule has 0 radical (unpaired) electrons. The SMILES string of the molecule is CCC(CC)(CO)CNO. The molecule has 0 saturated carbocycles. The first-order chi connectivity index (χ1) is 4.74. The molecule has 10 heavy (non-hydrogen) atoms. The maximum absolute atomic E-state index is 8.96. The van der Waals surface area contributed by atoms with Gasteiger partial charge in [0, 0.05) is 18.6 Å². The molecule has 3 N–H and O–H groups in total. The van der Waals surface area contributed by atoms with E-state index in [-0.39, 0.29) is 12.0 Å². The summed E-state index contributed by atoms with van der Waals surface area (Å²) in [5, 5.41) is 17.4. The van der Waals surface area contributed by atoms with E-state index in [1.807, 2.05) is 13.8 Å². The van der Waals surface area contributed by atoms with Crippen LogP contribution in [0, 0.1) is 5.41 Å². The number of hydrogen-bond donors (Lipinski definition) is 3. The summed E-state index contributed by atoms with van der Waals surface area (Å²) in [6.07, 6.45) is 1.76. The van der Waals surface area contributed by atoms with Crippen LogP contribution in [0.3, 0.4) is 0 Å². The molecule has 0 aliphatic heterocycles. The van der Waals surface area contributed by atoms with E-state index in [2.05, 4.69) is 5.48 Å². The van der Waals surface area contributed by atoms with Crippen LogP contribution in [-0.4, -0.2) is 23.5 Å². The molecule has 0 aliphatic carbocycles. The van der Waals surface area contributed by atoms with Gasteiger partial charge in [0.2, 0.25) is 0 Å². The van der Waals surface area contributed by atoms with E-state index in [1.165, 1.54) is 0 Å². The zero-order valence-electron chi connectivity index (χ0n) is 6.72. The van der Waals surface area contributed by atoms with Crippen LogP contribution in [0.4, 0.5) is 0 Å². The summed E-state index contributed by atoms with van der Waals surface area (Å²) >= 11 is 0. The molecule has 0 atom stereocenters. The predicted molar refractivity (Wildman–Crippen MR) is 39.9 cm³/mol. The van der Waals surface area contributed by atoms with E-state index in [9.17, 15) is 0 Å². The largest absolute Gasteiger partial charge is 0.396 e. The first-order valence-corrected chi connectivity index (χ1v) is 3.72. The third-order valence-electron chi connectivity index (χ3n) is 2.29. The van der Waals surface area contributed by atoms with Crippen molar-refractivity contribution >= 4 is 0 Å². The fraction of sp³-hybridized carbons (Fsp3) is 1.00. The van der Waals surface area contributed by atoms with Crippen LogP contribution in [0.2, 0.25) is 0 Å². The monoisotopic (exact) mass is 147 g/mol. The molecule has 3 nitrogen and oxygen atoms in total. The summed E-state index contributed by atoms with van der Waals surface area (Å²) in [5.41, 5.74) is 1.97. The van der Waals surface area contributed by atoms with Gasteiger partial charge in [0.25, 0.3) is 0 Å². The third kappa shape index (κ3) is 2.25. The van der Waals surface area contributed by atoms with Gasteiger partial charge in [-0.3, -0.25) is 0 Å². The minimum absolute atomic E-state index is 0.130. The Kier molecular flexibility index (Phi) is 4.60. The van der Waals surface area contributed by atoms with Crippen molar-refractivity contribution in [3.05, 3.63) is 0 Å². The van der Waals surface area contributed by atoms with Crippen molar-refractivity contribution < 1.29 is 10.3 Å². The number of aliphatic hydroxyl groups excluding tert-OH is 1. The highest BCUT2D eigenvalue weighted by Crippen LogP contribution is 2.23. The molecule has 3 heteroatoms. The van der Waals surface area contributed by atoms with Crippen LogP contribution in [-0.2, 0) is 0 Å². The molecule has 0 spiro atoms. The normalized spacial score (nSPS) is 12.0. The second-order valence-corrected chi connectivity index (χ2v) is 2.70. The fourth-order valence-electron chi connectivity index (χ4n) is 0.947. The lowest BCUT2D eigenvalue weighted by Gasteiger charge is -2.27. The Labute approximate surface area is 62.0 Å². The first-order valence-electron chi connectivity index (χ1n) is 3.72. The van der Waals surface area contributed by atoms with Crippen molar-refractivity contribution in [2.75, 3.05) is 13.2 Å². The van der Waals surface area contributed by atoms with Gasteiger partial charge < -0.3 is 10.3 Å². The van der Waals surface area contributed by atoms with Gasteiger partial charge in [-0.2, -0.15) is 0 Å². The molecule has 0 heterocycles. The number of nitrogens with one attached hydrogen (secondary N) is 1. The Morgan fingerprint density at radius 2 is 1.80 bits per heavy atom. The summed E-state index contributed by atoms with van der Waals surface area (Å²) in [5.74, 6) is 0. The lowest BCUT2D eigenvalue weighted by Crippen LogP contribution is -2.35. The summed E-state index contributed by atoms with van der Waals surface area (Å²) < 4.78 is 0. The summed E-state index contributed by atoms with van der Waals surface area (Å²) in [7, 11) is 0. The lowest BCUT2D eigenvalue weighted by atomic mass is 9.83. The van der Waals surface area contributed by atoms with Crippen molar-refractivity contribution in [3.63, 3.8) is 0 Å². The summed E-state index contributed by atoms with van der Waals surface area (Å²) in [6, 6.07) is 0. The smallest absolute Gasteiger partial charge is 0.0500 e. The Hall–Kier alpha value is -0.120. The second-order valence-electron chi connectivity index (χ2n) is 2.70. The zero-order valence-corrected chi connectivity index (χ0v) is 6.72. The molecule has 0 aliphatic rings. The van der Waals surface area contributed by atoms with Gasteiger partial charge in [0.15, 0.2) is 0 Å². The van der Waals surface area contributed by atoms with Gasteiger partial charge in [0.1, 0.15) is 0 Å². The number of hydroxylamine groups is 1. The van der Waals surface area contributed by atoms with Crippen LogP contribution in [0.5, 0.6) is 0 Å². The molecular formula is C7H17NO2. The molecule has 0 saturated heterocycles. The molecule has 0 aromatic carbocycles. The molecule has 0 aromatic rings. The Balaban J connectivity index is 3.87. The van der Waals surface area contributed by atoms with Crippen LogP contribution < -0.4 is 5.48 Å². The molecule has 0 fully saturated rings. The number of aliphatic hydroxyl groups is 1. The molecule has 0 rings (SSSR count). The van der Waals surface area contributed by atoms with Gasteiger partial charge in [-0.1, -0.05) is 13.8 Å². The summed E-state index contributed by atoms with van der Waals surface area (Å²) in [6.45, 7) is 4.62. The molecule has 0 amide bonds. The quantitative estimate of drug-likeness (QED) is 0.503. The topological polar surface area (TPSA) is 52.5 Å². The maximum Gasteiger partial charge on any atom is 0.0500 e. The average molecular weight is 147 g/mol. The van der Waals surface area contributed by atoms with Crippen LogP contribution in [0.15, 0.2) is 0 Å². The highest BCUT2D eigenvalue weighted by molar-refractivity contribution is 4.76. The average Bonchev–Trinajstić information content (AvgIpc) is 2.01. The van der Waals surface area contributed by atoms with Crippen molar-refractivity contribution in [1.29, 1.82) is 0 Å². The molecule has 62 valence electrons. The Morgan fingerprint density at radius 3 is 1.90 bits per heavy atom. The highest BCUT2D eigenvalue weighted by Gasteiger charge is 2.24. The van der Waals surface area contributed by atoms with E-state index >= 15 is 0 Å². The predicted octanol–water partition coefficient (Wildman–Crippen LogP) is 0.764. The standard InChI is InChI=1S/C7H17NO2/c1-3-7(4-2,6-9)5-8-10/h8-10H,3-6H2,1-2H3. The van der Waals surface area contributed by atoms with E-state index in [4.69, 9.17) is 10.3 Å².